The van der Waals surface area contributed by atoms with Crippen molar-refractivity contribution in [3.05, 3.63) is 27.8 Å². The molecule has 0 aliphatic carbocycles. The van der Waals surface area contributed by atoms with Crippen molar-refractivity contribution >= 4 is 23.3 Å². The van der Waals surface area contributed by atoms with Crippen molar-refractivity contribution in [3.8, 4) is 0 Å². The Bertz CT molecular complexity index is 375. The van der Waals surface area contributed by atoms with Crippen molar-refractivity contribution < 1.29 is 4.92 Å². The lowest BCUT2D eigenvalue weighted by molar-refractivity contribution is -0.384. The van der Waals surface area contributed by atoms with E-state index >= 15 is 0 Å². The lowest BCUT2D eigenvalue weighted by Gasteiger charge is -2.02. The Kier molecular flexibility index (Phi) is 2.14. The molecule has 1 aromatic carbocycles. The maximum atomic E-state index is 10.5. The van der Waals surface area contributed by atoms with Crippen LogP contribution in [-0.4, -0.2) is 11.1 Å². The molecule has 0 radical (unpaired) electrons. The Morgan fingerprint density at radius 1 is 1.38 bits per heavy atom. The van der Waals surface area contributed by atoms with E-state index in [4.69, 9.17) is 16.9 Å². The fourth-order valence-electron chi connectivity index (χ4n) is 0.996. The fraction of sp³-hybridized carbons (Fsp3) is 0. The molecular weight excluding hydrogens is 172 g/mol. The van der Waals surface area contributed by atoms with Gasteiger partial charge in [-0.2, -0.15) is 0 Å². The number of benzene rings is 1. The maximum absolute atomic E-state index is 10.5. The molecule has 0 heterocycles. The van der Waals surface area contributed by atoms with E-state index in [0.717, 1.165) is 6.21 Å². The van der Waals surface area contributed by atoms with E-state index in [0.29, 0.717) is 0 Å². The predicted molar refractivity (Wildman–Crippen MR) is 49.8 cm³/mol. The number of nitrogens with zero attached hydrogens (tertiary/aromatic N) is 1. The molecule has 0 aromatic heterocycles. The third kappa shape index (κ3) is 1.41. The van der Waals surface area contributed by atoms with Gasteiger partial charge >= 0.3 is 5.69 Å². The van der Waals surface area contributed by atoms with Gasteiger partial charge in [0.15, 0.2) is 0 Å². The minimum Gasteiger partial charge on any atom is -0.398 e. The van der Waals surface area contributed by atoms with Gasteiger partial charge in [0.25, 0.3) is 0 Å². The predicted octanol–water partition coefficient (Wildman–Crippen LogP) is 0.757. The summed E-state index contributed by atoms with van der Waals surface area (Å²) in [5.74, 6) is 0. The first-order chi connectivity index (χ1) is 6.07. The molecule has 0 saturated heterocycles. The zero-order chi connectivity index (χ0) is 10.0. The highest BCUT2D eigenvalue weighted by Crippen LogP contribution is 2.28. The average molecular weight is 180 g/mol. The quantitative estimate of drug-likeness (QED) is 0.269. The number of hydrogen-bond acceptors (Lipinski definition) is 5. The number of nitrogen functional groups attached to an aromatic ring is 2. The first kappa shape index (κ1) is 8.98. The molecule has 6 nitrogen and oxygen atoms in total. The topological polar surface area (TPSA) is 119 Å². The summed E-state index contributed by atoms with van der Waals surface area (Å²) in [6, 6.07) is 2.78. The van der Waals surface area contributed by atoms with E-state index in [2.05, 4.69) is 0 Å². The summed E-state index contributed by atoms with van der Waals surface area (Å²) >= 11 is 0. The maximum Gasteiger partial charge on any atom is 0.302 e. The van der Waals surface area contributed by atoms with Gasteiger partial charge in [0.1, 0.15) is 5.69 Å². The molecule has 0 aliphatic rings. The van der Waals surface area contributed by atoms with Crippen LogP contribution in [0.2, 0.25) is 0 Å². The number of nitrogens with one attached hydrogen (secondary N) is 1. The molecule has 0 saturated carbocycles. The monoisotopic (exact) mass is 180 g/mol. The molecular formula is C7H8N4O2. The van der Waals surface area contributed by atoms with Gasteiger partial charge < -0.3 is 16.9 Å². The molecule has 0 amide bonds. The molecule has 68 valence electrons. The Morgan fingerprint density at radius 3 is 2.31 bits per heavy atom. The van der Waals surface area contributed by atoms with Crippen molar-refractivity contribution in [1.82, 2.24) is 0 Å². The number of anilines is 2. The Morgan fingerprint density at radius 2 is 1.92 bits per heavy atom. The zero-order valence-corrected chi connectivity index (χ0v) is 6.65. The summed E-state index contributed by atoms with van der Waals surface area (Å²) in [7, 11) is 0. The van der Waals surface area contributed by atoms with Crippen LogP contribution in [-0.2, 0) is 0 Å². The minimum absolute atomic E-state index is 0.0118. The standard InChI is InChI=1S/C7H8N4O2/c8-3-4-5(9)1-2-6(10)7(4)11(12)13/h1-3,8H,9-10H2. The first-order valence-electron chi connectivity index (χ1n) is 3.40. The molecule has 0 bridgehead atoms. The highest BCUT2D eigenvalue weighted by atomic mass is 16.6. The van der Waals surface area contributed by atoms with Crippen LogP contribution < -0.4 is 11.5 Å². The van der Waals surface area contributed by atoms with E-state index in [1.807, 2.05) is 0 Å². The number of nitrogens with two attached hydrogens (primary N) is 2. The van der Waals surface area contributed by atoms with Crippen LogP contribution in [0.4, 0.5) is 17.1 Å². The van der Waals surface area contributed by atoms with Crippen LogP contribution >= 0.6 is 0 Å². The van der Waals surface area contributed by atoms with Gasteiger partial charge in [-0.05, 0) is 12.1 Å². The molecule has 0 fully saturated rings. The van der Waals surface area contributed by atoms with Gasteiger partial charge in [-0.1, -0.05) is 0 Å². The molecule has 0 atom stereocenters. The van der Waals surface area contributed by atoms with Crippen molar-refractivity contribution in [2.45, 2.75) is 0 Å². The van der Waals surface area contributed by atoms with Crippen molar-refractivity contribution in [2.75, 3.05) is 11.5 Å². The van der Waals surface area contributed by atoms with Crippen molar-refractivity contribution in [3.63, 3.8) is 0 Å². The van der Waals surface area contributed by atoms with E-state index in [9.17, 15) is 10.1 Å². The second-order valence-corrected chi connectivity index (χ2v) is 2.41. The summed E-state index contributed by atoms with van der Waals surface area (Å²) in [4.78, 5) is 9.87. The van der Waals surface area contributed by atoms with Crippen molar-refractivity contribution in [2.24, 2.45) is 0 Å². The summed E-state index contributed by atoms with van der Waals surface area (Å²) in [6.45, 7) is 0. The average Bonchev–Trinajstić information content (AvgIpc) is 2.07. The van der Waals surface area contributed by atoms with Crippen LogP contribution in [0, 0.1) is 15.5 Å². The third-order valence-corrected chi connectivity index (χ3v) is 1.61. The minimum atomic E-state index is -0.647. The number of nitro groups is 1. The van der Waals surface area contributed by atoms with Gasteiger partial charge in [-0.25, -0.2) is 0 Å². The SMILES string of the molecule is N=Cc1c(N)ccc(N)c1[N+](=O)[O-]. The number of rotatable bonds is 2. The van der Waals surface area contributed by atoms with Gasteiger partial charge in [0.05, 0.1) is 10.5 Å². The Hall–Kier alpha value is -2.11. The molecule has 5 N–H and O–H groups in total. The second-order valence-electron chi connectivity index (χ2n) is 2.41. The number of hydrogen-bond donors (Lipinski definition) is 3. The molecule has 1 rings (SSSR count). The summed E-state index contributed by atoms with van der Waals surface area (Å²) in [5.41, 5.74) is 10.7. The van der Waals surface area contributed by atoms with E-state index in [1.54, 1.807) is 0 Å². The Balaban J connectivity index is 3.52. The van der Waals surface area contributed by atoms with Gasteiger partial charge in [0.2, 0.25) is 0 Å². The molecule has 0 unspecified atom stereocenters. The summed E-state index contributed by atoms with van der Waals surface area (Å²) in [6.07, 6.45) is 0.823. The fourth-order valence-corrected chi connectivity index (χ4v) is 0.996. The molecule has 6 heteroatoms. The van der Waals surface area contributed by atoms with Crippen LogP contribution in [0.15, 0.2) is 12.1 Å². The van der Waals surface area contributed by atoms with Crippen LogP contribution in [0.1, 0.15) is 5.56 Å². The summed E-state index contributed by atoms with van der Waals surface area (Å²) in [5, 5.41) is 17.5. The largest absolute Gasteiger partial charge is 0.398 e. The normalized spacial score (nSPS) is 9.54. The van der Waals surface area contributed by atoms with Crippen LogP contribution in [0.5, 0.6) is 0 Å². The molecule has 0 spiro atoms. The lowest BCUT2D eigenvalue weighted by Crippen LogP contribution is -2.03. The van der Waals surface area contributed by atoms with E-state index in [-0.39, 0.29) is 22.6 Å². The highest BCUT2D eigenvalue weighted by molar-refractivity contribution is 5.94. The van der Waals surface area contributed by atoms with Crippen molar-refractivity contribution in [1.29, 1.82) is 5.41 Å². The van der Waals surface area contributed by atoms with E-state index < -0.39 is 4.92 Å². The van der Waals surface area contributed by atoms with Crippen LogP contribution in [0.25, 0.3) is 0 Å². The first-order valence-corrected chi connectivity index (χ1v) is 3.40. The van der Waals surface area contributed by atoms with Gasteiger partial charge in [-0.15, -0.1) is 0 Å². The van der Waals surface area contributed by atoms with Gasteiger partial charge in [-0.3, -0.25) is 10.1 Å². The van der Waals surface area contributed by atoms with E-state index in [1.165, 1.54) is 12.1 Å². The van der Waals surface area contributed by atoms with Crippen LogP contribution in [0.3, 0.4) is 0 Å². The summed E-state index contributed by atoms with van der Waals surface area (Å²) < 4.78 is 0. The highest BCUT2D eigenvalue weighted by Gasteiger charge is 2.18. The molecule has 0 aliphatic heterocycles. The smallest absolute Gasteiger partial charge is 0.302 e. The molecule has 1 aromatic rings. The zero-order valence-electron chi connectivity index (χ0n) is 6.65. The van der Waals surface area contributed by atoms with Gasteiger partial charge in [0, 0.05) is 11.9 Å². The molecule has 13 heavy (non-hydrogen) atoms. The third-order valence-electron chi connectivity index (χ3n) is 1.61. The Labute approximate surface area is 73.8 Å². The lowest BCUT2D eigenvalue weighted by atomic mass is 10.1. The second kappa shape index (κ2) is 3.10. The number of nitro benzene ring substituents is 1.